The van der Waals surface area contributed by atoms with Crippen LogP contribution in [0.1, 0.15) is 30.0 Å². The number of piperidine rings is 1. The summed E-state index contributed by atoms with van der Waals surface area (Å²) in [6, 6.07) is 17.7. The first-order valence-corrected chi connectivity index (χ1v) is 9.38. The van der Waals surface area contributed by atoms with Crippen LogP contribution in [0.3, 0.4) is 0 Å². The number of hydrogen-bond acceptors (Lipinski definition) is 2. The lowest BCUT2D eigenvalue weighted by Gasteiger charge is -2.46. The van der Waals surface area contributed by atoms with Gasteiger partial charge in [0.2, 0.25) is 0 Å². The molecular formula is C21H22BrNO. The van der Waals surface area contributed by atoms with Crippen molar-refractivity contribution in [1.82, 2.24) is 4.90 Å². The molecule has 0 spiro atoms. The molecule has 24 heavy (non-hydrogen) atoms. The van der Waals surface area contributed by atoms with E-state index in [1.807, 2.05) is 6.07 Å². The molecule has 2 aliphatic heterocycles. The lowest BCUT2D eigenvalue weighted by Crippen LogP contribution is -2.45. The van der Waals surface area contributed by atoms with Crippen LogP contribution in [0.25, 0.3) is 0 Å². The standard InChI is InChI=1S/C21H22BrNO/c1-23-18-10-7-16(8-11-18)21(23)19-13-17(22)9-12-20(19)24-14-15-5-3-2-4-6-15/h2-7,9-10,12-13,16,18,21H,8,11,14H2,1H3. The molecule has 2 nitrogen and oxygen atoms in total. The van der Waals surface area contributed by atoms with Crippen molar-refractivity contribution in [2.75, 3.05) is 7.05 Å². The Hall–Kier alpha value is -1.58. The van der Waals surface area contributed by atoms with E-state index in [-0.39, 0.29) is 0 Å². The highest BCUT2D eigenvalue weighted by Crippen LogP contribution is 2.46. The van der Waals surface area contributed by atoms with E-state index in [2.05, 4.69) is 82.5 Å². The summed E-state index contributed by atoms with van der Waals surface area (Å²) in [7, 11) is 2.24. The number of rotatable bonds is 4. The largest absolute Gasteiger partial charge is 0.489 e. The van der Waals surface area contributed by atoms with E-state index in [0.29, 0.717) is 24.6 Å². The van der Waals surface area contributed by atoms with Gasteiger partial charge in [0.05, 0.1) is 0 Å². The van der Waals surface area contributed by atoms with Gasteiger partial charge in [-0.3, -0.25) is 4.90 Å². The van der Waals surface area contributed by atoms with E-state index in [1.165, 1.54) is 24.0 Å². The lowest BCUT2D eigenvalue weighted by atomic mass is 9.77. The highest BCUT2D eigenvalue weighted by Gasteiger charge is 2.38. The number of nitrogens with zero attached hydrogens (tertiary/aromatic N) is 1. The predicted molar refractivity (Wildman–Crippen MR) is 101 cm³/mol. The van der Waals surface area contributed by atoms with Crippen LogP contribution in [0, 0.1) is 5.92 Å². The monoisotopic (exact) mass is 383 g/mol. The molecule has 0 N–H and O–H groups in total. The highest BCUT2D eigenvalue weighted by atomic mass is 79.9. The Morgan fingerprint density at radius 2 is 1.92 bits per heavy atom. The first kappa shape index (κ1) is 15.9. The third-order valence-corrected chi connectivity index (χ3v) is 5.76. The lowest BCUT2D eigenvalue weighted by molar-refractivity contribution is 0.0896. The van der Waals surface area contributed by atoms with Crippen molar-refractivity contribution >= 4 is 15.9 Å². The van der Waals surface area contributed by atoms with Crippen LogP contribution in [-0.4, -0.2) is 18.0 Å². The van der Waals surface area contributed by atoms with E-state index >= 15 is 0 Å². The Morgan fingerprint density at radius 3 is 2.62 bits per heavy atom. The minimum absolute atomic E-state index is 0.400. The van der Waals surface area contributed by atoms with Crippen molar-refractivity contribution in [2.45, 2.75) is 31.5 Å². The van der Waals surface area contributed by atoms with Gasteiger partial charge in [0.25, 0.3) is 0 Å². The van der Waals surface area contributed by atoms with Crippen LogP contribution >= 0.6 is 15.9 Å². The Morgan fingerprint density at radius 1 is 1.08 bits per heavy atom. The minimum Gasteiger partial charge on any atom is -0.489 e. The van der Waals surface area contributed by atoms with Crippen LogP contribution in [0.15, 0.2) is 65.2 Å². The zero-order chi connectivity index (χ0) is 16.5. The van der Waals surface area contributed by atoms with Crippen molar-refractivity contribution in [2.24, 2.45) is 5.92 Å². The number of halogens is 1. The summed E-state index contributed by atoms with van der Waals surface area (Å²) in [5.41, 5.74) is 2.49. The maximum absolute atomic E-state index is 6.22. The number of fused-ring (bicyclic) bond motifs is 2. The fourth-order valence-corrected chi connectivity index (χ4v) is 4.38. The summed E-state index contributed by atoms with van der Waals surface area (Å²) >= 11 is 3.64. The Balaban J connectivity index is 1.63. The van der Waals surface area contributed by atoms with Crippen molar-refractivity contribution in [3.05, 3.63) is 76.3 Å². The van der Waals surface area contributed by atoms with Gasteiger partial charge in [0.15, 0.2) is 0 Å². The second kappa shape index (κ2) is 6.73. The minimum atomic E-state index is 0.400. The van der Waals surface area contributed by atoms with E-state index < -0.39 is 0 Å². The molecule has 0 saturated carbocycles. The van der Waals surface area contributed by atoms with E-state index in [1.54, 1.807) is 0 Å². The smallest absolute Gasteiger partial charge is 0.124 e. The first-order chi connectivity index (χ1) is 11.7. The Kier molecular flexibility index (Phi) is 4.47. The van der Waals surface area contributed by atoms with Crippen molar-refractivity contribution < 1.29 is 4.74 Å². The number of hydrogen-bond donors (Lipinski definition) is 0. The molecule has 1 aliphatic carbocycles. The van der Waals surface area contributed by atoms with Gasteiger partial charge in [-0.15, -0.1) is 0 Å². The maximum atomic E-state index is 6.22. The molecule has 1 fully saturated rings. The van der Waals surface area contributed by atoms with Crippen LogP contribution in [0.2, 0.25) is 0 Å². The SMILES string of the molecule is CN1C2C=CC(CC2)C1c1cc(Br)ccc1OCc1ccccc1. The number of likely N-dealkylation sites (N-methyl/N-ethyl adjacent to an activating group) is 1. The summed E-state index contributed by atoms with van der Waals surface area (Å²) in [4.78, 5) is 2.51. The number of ether oxygens (including phenoxy) is 1. The third kappa shape index (κ3) is 3.03. The summed E-state index contributed by atoms with van der Waals surface area (Å²) in [5, 5.41) is 0. The highest BCUT2D eigenvalue weighted by molar-refractivity contribution is 9.10. The predicted octanol–water partition coefficient (Wildman–Crippen LogP) is 5.35. The average Bonchev–Trinajstić information content (AvgIpc) is 2.62. The van der Waals surface area contributed by atoms with Crippen molar-refractivity contribution in [3.8, 4) is 5.75 Å². The normalized spacial score (nSPS) is 25.8. The molecule has 3 unspecified atom stereocenters. The number of benzene rings is 2. The molecule has 0 radical (unpaired) electrons. The van der Waals surface area contributed by atoms with Crippen molar-refractivity contribution in [1.29, 1.82) is 0 Å². The molecule has 3 heteroatoms. The zero-order valence-corrected chi connectivity index (χ0v) is 15.4. The van der Waals surface area contributed by atoms with Crippen LogP contribution in [0.5, 0.6) is 5.75 Å². The maximum Gasteiger partial charge on any atom is 0.124 e. The van der Waals surface area contributed by atoms with Gasteiger partial charge in [-0.05, 0) is 49.6 Å². The third-order valence-electron chi connectivity index (χ3n) is 5.27. The molecule has 2 heterocycles. The summed E-state index contributed by atoms with van der Waals surface area (Å²) in [6.07, 6.45) is 7.30. The Bertz CT molecular complexity index is 743. The topological polar surface area (TPSA) is 12.5 Å². The molecule has 2 bridgehead atoms. The van der Waals surface area contributed by atoms with Crippen LogP contribution in [0.4, 0.5) is 0 Å². The average molecular weight is 384 g/mol. The molecule has 0 aromatic heterocycles. The summed E-state index contributed by atoms with van der Waals surface area (Å²) in [5.74, 6) is 1.58. The summed E-state index contributed by atoms with van der Waals surface area (Å²) < 4.78 is 7.33. The molecule has 0 amide bonds. The second-order valence-corrected chi connectivity index (χ2v) is 7.68. The van der Waals surface area contributed by atoms with Gasteiger partial charge in [-0.1, -0.05) is 58.4 Å². The Labute approximate surface area is 152 Å². The van der Waals surface area contributed by atoms with E-state index in [9.17, 15) is 0 Å². The zero-order valence-electron chi connectivity index (χ0n) is 13.9. The van der Waals surface area contributed by atoms with Gasteiger partial charge >= 0.3 is 0 Å². The second-order valence-electron chi connectivity index (χ2n) is 6.76. The van der Waals surface area contributed by atoms with Gasteiger partial charge in [-0.25, -0.2) is 0 Å². The van der Waals surface area contributed by atoms with Crippen LogP contribution in [-0.2, 0) is 6.61 Å². The van der Waals surface area contributed by atoms with E-state index in [4.69, 9.17) is 4.74 Å². The van der Waals surface area contributed by atoms with Gasteiger partial charge in [0.1, 0.15) is 12.4 Å². The molecule has 2 aromatic carbocycles. The molecule has 3 aliphatic rings. The van der Waals surface area contributed by atoms with Gasteiger partial charge in [0, 0.05) is 22.1 Å². The van der Waals surface area contributed by atoms with Crippen molar-refractivity contribution in [3.63, 3.8) is 0 Å². The first-order valence-electron chi connectivity index (χ1n) is 8.59. The molecule has 5 rings (SSSR count). The molecule has 124 valence electrons. The van der Waals surface area contributed by atoms with Gasteiger partial charge < -0.3 is 4.74 Å². The quantitative estimate of drug-likeness (QED) is 0.659. The van der Waals surface area contributed by atoms with Crippen LogP contribution < -0.4 is 4.74 Å². The molecule has 2 aromatic rings. The van der Waals surface area contributed by atoms with E-state index in [0.717, 1.165) is 10.2 Å². The molecule has 1 saturated heterocycles. The molecule has 3 atom stereocenters. The summed E-state index contributed by atoms with van der Waals surface area (Å²) in [6.45, 7) is 0.607. The fraction of sp³-hybridized carbons (Fsp3) is 0.333. The van der Waals surface area contributed by atoms with Gasteiger partial charge in [-0.2, -0.15) is 0 Å². The molecular weight excluding hydrogens is 362 g/mol. The fourth-order valence-electron chi connectivity index (χ4n) is 4.00.